The van der Waals surface area contributed by atoms with Crippen molar-refractivity contribution in [3.05, 3.63) is 53.6 Å². The minimum atomic E-state index is 0.554. The number of rotatable bonds is 4. The van der Waals surface area contributed by atoms with Crippen LogP contribution in [0.5, 0.6) is 0 Å². The molecule has 5 heteroatoms. The first-order valence-corrected chi connectivity index (χ1v) is 6.38. The van der Waals surface area contributed by atoms with Gasteiger partial charge in [0.05, 0.1) is 5.56 Å². The van der Waals surface area contributed by atoms with Crippen LogP contribution < -0.4 is 11.1 Å². The Labute approximate surface area is 114 Å². The Kier molecular flexibility index (Phi) is 4.04. The first-order valence-electron chi connectivity index (χ1n) is 5.59. The molecule has 1 aromatic carbocycles. The summed E-state index contributed by atoms with van der Waals surface area (Å²) in [6.07, 6.45) is 5.16. The molecular formula is C13H14BrN4+. The Morgan fingerprint density at radius 2 is 1.94 bits per heavy atom. The predicted octanol–water partition coefficient (Wildman–Crippen LogP) is 0.745. The number of nitrogens with zero attached hydrogens (tertiary/aromatic N) is 2. The van der Waals surface area contributed by atoms with Gasteiger partial charge in [0.25, 0.3) is 0 Å². The van der Waals surface area contributed by atoms with E-state index >= 15 is 0 Å². The Balaban J connectivity index is 2.11. The van der Waals surface area contributed by atoms with E-state index in [0.29, 0.717) is 10.3 Å². The second kappa shape index (κ2) is 5.73. The molecule has 0 saturated carbocycles. The van der Waals surface area contributed by atoms with E-state index in [1.165, 1.54) is 0 Å². The second-order valence-corrected chi connectivity index (χ2v) is 4.79. The molecule has 2 aromatic rings. The van der Waals surface area contributed by atoms with Gasteiger partial charge in [0.2, 0.25) is 4.62 Å². The molecule has 2 rings (SSSR count). The SMILES string of the molecule is Nc1ccc(CCc2ncccn2)cc1C(=[NH2+])Br. The largest absolute Gasteiger partial charge is 0.398 e. The van der Waals surface area contributed by atoms with Crippen LogP contribution in [-0.4, -0.2) is 14.6 Å². The van der Waals surface area contributed by atoms with Gasteiger partial charge in [0.1, 0.15) is 5.82 Å². The lowest BCUT2D eigenvalue weighted by molar-refractivity contribution is -0.106. The monoisotopic (exact) mass is 305 g/mol. The average molecular weight is 306 g/mol. The fraction of sp³-hybridized carbons (Fsp3) is 0.154. The number of aryl methyl sites for hydroxylation is 2. The van der Waals surface area contributed by atoms with Crippen LogP contribution in [-0.2, 0) is 12.8 Å². The van der Waals surface area contributed by atoms with Gasteiger partial charge in [-0.1, -0.05) is 6.07 Å². The van der Waals surface area contributed by atoms with Crippen molar-refractivity contribution in [3.8, 4) is 0 Å². The van der Waals surface area contributed by atoms with Gasteiger partial charge < -0.3 is 5.73 Å². The van der Waals surface area contributed by atoms with Gasteiger partial charge in [-0.3, -0.25) is 0 Å². The summed E-state index contributed by atoms with van der Waals surface area (Å²) in [6, 6.07) is 7.66. The molecule has 0 unspecified atom stereocenters. The highest BCUT2D eigenvalue weighted by Gasteiger charge is 2.08. The first-order chi connectivity index (χ1) is 8.66. The molecule has 0 spiro atoms. The third-order valence-corrected chi connectivity index (χ3v) is 3.06. The molecule has 0 saturated heterocycles. The summed E-state index contributed by atoms with van der Waals surface area (Å²) >= 11 is 3.25. The zero-order chi connectivity index (χ0) is 13.0. The molecule has 0 radical (unpaired) electrons. The number of hydrogen-bond donors (Lipinski definition) is 2. The Hall–Kier alpha value is -1.75. The van der Waals surface area contributed by atoms with Crippen molar-refractivity contribution in [2.75, 3.05) is 5.73 Å². The standard InChI is InChI=1S/C13H13BrN4/c14-13(16)10-8-9(2-4-11(10)15)3-5-12-17-6-1-7-18-12/h1-2,4,6-8,16H,3,5,15H2/p+1. The van der Waals surface area contributed by atoms with Gasteiger partial charge in [0, 0.05) is 40.4 Å². The quantitative estimate of drug-likeness (QED) is 0.646. The van der Waals surface area contributed by atoms with Crippen LogP contribution in [0.4, 0.5) is 5.69 Å². The molecule has 18 heavy (non-hydrogen) atoms. The van der Waals surface area contributed by atoms with E-state index in [-0.39, 0.29) is 0 Å². The predicted molar refractivity (Wildman–Crippen MR) is 75.3 cm³/mol. The van der Waals surface area contributed by atoms with Crippen LogP contribution in [0, 0.1) is 0 Å². The van der Waals surface area contributed by atoms with E-state index in [9.17, 15) is 0 Å². The highest BCUT2D eigenvalue weighted by atomic mass is 79.9. The molecule has 1 heterocycles. The molecule has 4 nitrogen and oxygen atoms in total. The van der Waals surface area contributed by atoms with Gasteiger partial charge >= 0.3 is 0 Å². The minimum absolute atomic E-state index is 0.554. The molecule has 1 aromatic heterocycles. The van der Waals surface area contributed by atoms with E-state index < -0.39 is 0 Å². The van der Waals surface area contributed by atoms with Crippen molar-refractivity contribution >= 4 is 26.2 Å². The fourth-order valence-corrected chi connectivity index (χ4v) is 2.02. The van der Waals surface area contributed by atoms with Crippen LogP contribution in [0.1, 0.15) is 17.0 Å². The Morgan fingerprint density at radius 1 is 1.22 bits per heavy atom. The Bertz CT molecular complexity index is 554. The molecule has 0 aliphatic heterocycles. The van der Waals surface area contributed by atoms with Crippen molar-refractivity contribution in [2.45, 2.75) is 12.8 Å². The number of nitrogen functional groups attached to an aromatic ring is 1. The maximum Gasteiger partial charge on any atom is 0.248 e. The maximum absolute atomic E-state index is 5.84. The maximum atomic E-state index is 5.84. The van der Waals surface area contributed by atoms with Crippen molar-refractivity contribution < 1.29 is 5.41 Å². The van der Waals surface area contributed by atoms with E-state index in [4.69, 9.17) is 11.1 Å². The summed E-state index contributed by atoms with van der Waals surface area (Å²) in [7, 11) is 0. The van der Waals surface area contributed by atoms with E-state index in [1.54, 1.807) is 12.4 Å². The zero-order valence-electron chi connectivity index (χ0n) is 9.81. The number of halogens is 1. The third kappa shape index (κ3) is 3.13. The second-order valence-electron chi connectivity index (χ2n) is 3.93. The minimum Gasteiger partial charge on any atom is -0.398 e. The molecule has 0 fully saturated rings. The van der Waals surface area contributed by atoms with Crippen LogP contribution in [0.15, 0.2) is 36.7 Å². The van der Waals surface area contributed by atoms with E-state index in [2.05, 4.69) is 25.9 Å². The van der Waals surface area contributed by atoms with E-state index in [1.807, 2.05) is 24.3 Å². The van der Waals surface area contributed by atoms with Crippen LogP contribution in [0.2, 0.25) is 0 Å². The number of hydrogen-bond acceptors (Lipinski definition) is 3. The summed E-state index contributed by atoms with van der Waals surface area (Å²) in [5.41, 5.74) is 8.51. The fourth-order valence-electron chi connectivity index (χ4n) is 1.68. The van der Waals surface area contributed by atoms with Gasteiger partial charge in [-0.05, 0) is 30.2 Å². The molecule has 0 amide bonds. The van der Waals surface area contributed by atoms with Gasteiger partial charge in [-0.25, -0.2) is 15.4 Å². The molecule has 0 aliphatic rings. The van der Waals surface area contributed by atoms with E-state index in [0.717, 1.165) is 29.8 Å². The van der Waals surface area contributed by atoms with Gasteiger partial charge in [-0.2, -0.15) is 0 Å². The topological polar surface area (TPSA) is 77.4 Å². The number of aromatic nitrogens is 2. The lowest BCUT2D eigenvalue weighted by atomic mass is 10.1. The summed E-state index contributed by atoms with van der Waals surface area (Å²) in [5.74, 6) is 0.840. The molecular weight excluding hydrogens is 292 g/mol. The first kappa shape index (κ1) is 12.7. The molecule has 4 N–H and O–H groups in total. The average Bonchev–Trinajstić information content (AvgIpc) is 2.38. The normalized spacial score (nSPS) is 10.3. The highest BCUT2D eigenvalue weighted by Crippen LogP contribution is 2.17. The van der Waals surface area contributed by atoms with Crippen LogP contribution in [0.3, 0.4) is 0 Å². The van der Waals surface area contributed by atoms with Gasteiger partial charge in [0.15, 0.2) is 0 Å². The van der Waals surface area contributed by atoms with Crippen LogP contribution >= 0.6 is 15.9 Å². The smallest absolute Gasteiger partial charge is 0.248 e. The summed E-state index contributed by atoms with van der Waals surface area (Å²) in [4.78, 5) is 8.39. The molecule has 0 atom stereocenters. The zero-order valence-corrected chi connectivity index (χ0v) is 11.4. The Morgan fingerprint density at radius 3 is 2.61 bits per heavy atom. The molecule has 92 valence electrons. The molecule has 0 bridgehead atoms. The van der Waals surface area contributed by atoms with Crippen LogP contribution in [0.25, 0.3) is 0 Å². The summed E-state index contributed by atoms with van der Waals surface area (Å²) in [5, 5.41) is 5.72. The summed E-state index contributed by atoms with van der Waals surface area (Å²) < 4.78 is 0.554. The van der Waals surface area contributed by atoms with Crippen molar-refractivity contribution in [1.82, 2.24) is 9.97 Å². The third-order valence-electron chi connectivity index (χ3n) is 2.63. The molecule has 0 aliphatic carbocycles. The number of anilines is 1. The number of nitrogens with two attached hydrogens (primary N) is 2. The summed E-state index contributed by atoms with van der Waals surface area (Å²) in [6.45, 7) is 0. The highest BCUT2D eigenvalue weighted by molar-refractivity contribution is 9.18. The lowest BCUT2D eigenvalue weighted by Gasteiger charge is -2.04. The number of benzene rings is 1. The van der Waals surface area contributed by atoms with Crippen molar-refractivity contribution in [1.29, 1.82) is 0 Å². The lowest BCUT2D eigenvalue weighted by Crippen LogP contribution is -2.36. The van der Waals surface area contributed by atoms with Crippen molar-refractivity contribution in [3.63, 3.8) is 0 Å². The van der Waals surface area contributed by atoms with Gasteiger partial charge in [-0.15, -0.1) is 0 Å². The van der Waals surface area contributed by atoms with Crippen molar-refractivity contribution in [2.24, 2.45) is 0 Å².